The number of fused-ring (bicyclic) bond motifs is 5. The van der Waals surface area contributed by atoms with E-state index in [2.05, 4.69) is 12.2 Å². The predicted octanol–water partition coefficient (Wildman–Crippen LogP) is 12.2. The molecule has 518 valence electrons. The maximum atomic E-state index is 16.0. The number of Topliss-reactive ketones (excluding diaryl/α,β-unsaturated/α-hetero) is 1. The Morgan fingerprint density at radius 3 is 1.80 bits per heavy atom. The average molecular weight is 1330 g/mol. The maximum Gasteiger partial charge on any atom is 0.472 e. The topological polar surface area (TPSA) is 274 Å². The second-order valence-electron chi connectivity index (χ2n) is 28.2. The highest BCUT2D eigenvalue weighted by Crippen LogP contribution is 2.67. The van der Waals surface area contributed by atoms with E-state index in [1.165, 1.54) is 90.7 Å². The van der Waals surface area contributed by atoms with Gasteiger partial charge in [0, 0.05) is 37.2 Å². The number of unbranched alkanes of at least 4 members (excludes halogenated alkanes) is 14. The van der Waals surface area contributed by atoms with E-state index in [-0.39, 0.29) is 53.7 Å². The summed E-state index contributed by atoms with van der Waals surface area (Å²) in [4.78, 5) is 114. The number of esters is 5. The Hall–Kier alpha value is -6.12. The molecule has 3 fully saturated rings. The maximum absolute atomic E-state index is 16.0. The van der Waals surface area contributed by atoms with Gasteiger partial charge in [-0.1, -0.05) is 184 Å². The van der Waals surface area contributed by atoms with Gasteiger partial charge >= 0.3 is 37.7 Å². The summed E-state index contributed by atoms with van der Waals surface area (Å²) in [5, 5.41) is 29.6. The highest BCUT2D eigenvalue weighted by Gasteiger charge is 2.77. The molecule has 0 radical (unpaired) electrons. The van der Waals surface area contributed by atoms with E-state index in [0.29, 0.717) is 23.9 Å². The third-order valence-electron chi connectivity index (χ3n) is 20.1. The van der Waals surface area contributed by atoms with E-state index in [9.17, 15) is 43.6 Å². The van der Waals surface area contributed by atoms with E-state index in [1.807, 2.05) is 21.1 Å². The number of aliphatic hydroxyl groups excluding tert-OH is 1. The van der Waals surface area contributed by atoms with E-state index in [4.69, 9.17) is 32.7 Å². The molecule has 3 aromatic carbocycles. The number of amides is 1. The van der Waals surface area contributed by atoms with E-state index in [1.54, 1.807) is 92.7 Å². The van der Waals surface area contributed by atoms with E-state index in [0.717, 1.165) is 39.0 Å². The Morgan fingerprint density at radius 2 is 1.28 bits per heavy atom. The first-order valence-corrected chi connectivity index (χ1v) is 35.5. The number of quaternary nitrogens is 1. The fourth-order valence-corrected chi connectivity index (χ4v) is 15.7. The van der Waals surface area contributed by atoms with Crippen molar-refractivity contribution in [2.24, 2.45) is 22.7 Å². The number of ether oxygens (including phenoxy) is 5. The molecule has 2 bridgehead atoms. The Balaban J connectivity index is 1.27. The molecule has 0 saturated heterocycles. The molecule has 13 atom stereocenters. The molecule has 7 rings (SSSR count). The number of carbonyl (C=O) groups excluding carboxylic acids is 7. The smallest absolute Gasteiger partial charge is 0.458 e. The lowest BCUT2D eigenvalue weighted by molar-refractivity contribution is -0.870. The molecule has 3 saturated carbocycles. The van der Waals surface area contributed by atoms with Gasteiger partial charge in [0.1, 0.15) is 42.6 Å². The number of hydrogen-bond donors (Lipinski definition) is 4. The van der Waals surface area contributed by atoms with Crippen LogP contribution in [0.2, 0.25) is 0 Å². The van der Waals surface area contributed by atoms with Crippen molar-refractivity contribution in [2.45, 2.75) is 237 Å². The largest absolute Gasteiger partial charge is 0.472 e. The van der Waals surface area contributed by atoms with Gasteiger partial charge in [-0.15, -0.1) is 0 Å². The fourth-order valence-electron chi connectivity index (χ4n) is 14.8. The van der Waals surface area contributed by atoms with Crippen LogP contribution >= 0.6 is 7.82 Å². The van der Waals surface area contributed by atoms with Gasteiger partial charge in [-0.3, -0.25) is 33.0 Å². The number of carbonyl (C=O) groups is 7. The number of rotatable bonds is 35. The molecular weight excluding hydrogens is 1220 g/mol. The van der Waals surface area contributed by atoms with Gasteiger partial charge in [-0.25, -0.2) is 14.2 Å². The van der Waals surface area contributed by atoms with Crippen LogP contribution in [0.15, 0.2) is 102 Å². The van der Waals surface area contributed by atoms with Crippen LogP contribution in [0, 0.1) is 22.7 Å². The molecule has 0 aliphatic heterocycles. The van der Waals surface area contributed by atoms with Crippen LogP contribution in [0.25, 0.3) is 0 Å². The predicted molar refractivity (Wildman–Crippen MR) is 352 cm³/mol. The summed E-state index contributed by atoms with van der Waals surface area (Å²) in [5.74, 6) is -8.66. The molecule has 4 aliphatic rings. The molecule has 1 amide bonds. The zero-order valence-corrected chi connectivity index (χ0v) is 57.9. The summed E-state index contributed by atoms with van der Waals surface area (Å²) in [5.41, 5.74) is -7.39. The standard InChI is InChI=1S/C73H103N2O18P/c1-11-12-13-14-15-16-17-18-19-20-21-22-23-24-34-41-56(93-94(85,86)87-45-44-75(8,9)10)47-59(79)90-63(61(52-35-28-25-29-36-52)74-67(81)53-37-30-26-31-38-53)69(83)89-57-48-73(84)66(91-68(82)54-39-32-27-33-40-54)64-71(7,58(78)46-55-42-43-72(55,64)92-51(4)77)65(80)62(88-50(3)76)60(49(57)2)70(73,5)6/h25-33,35-40,55-58,61-64,66,78,84H,11-24,34,41-48H2,1-10H3,(H-,74,81,85,86)/p+1/t55-,56?,57+,58+,61+,62-,63-,64?,66+,71-,72+,73-/m1/s1. The normalized spacial score (nSPS) is 26.2. The van der Waals surface area contributed by atoms with Crippen molar-refractivity contribution in [1.82, 2.24) is 5.32 Å². The fraction of sp³-hybridized carbons (Fsp3) is 0.630. The Morgan fingerprint density at radius 1 is 0.734 bits per heavy atom. The van der Waals surface area contributed by atoms with Crippen molar-refractivity contribution in [3.63, 3.8) is 0 Å². The summed E-state index contributed by atoms with van der Waals surface area (Å²) in [6.07, 6.45) is 5.69. The first-order valence-electron chi connectivity index (χ1n) is 34.0. The number of benzene rings is 3. The van der Waals surface area contributed by atoms with Crippen LogP contribution in [0.4, 0.5) is 0 Å². The molecule has 20 nitrogen and oxygen atoms in total. The summed E-state index contributed by atoms with van der Waals surface area (Å²) in [6, 6.07) is 22.7. The number of nitrogens with zero attached hydrogens (tertiary/aromatic N) is 1. The Bertz CT molecular complexity index is 3140. The molecule has 4 N–H and O–H groups in total. The molecule has 3 unspecified atom stereocenters. The van der Waals surface area contributed by atoms with Gasteiger partial charge in [0.2, 0.25) is 6.10 Å². The molecule has 0 aromatic heterocycles. The summed E-state index contributed by atoms with van der Waals surface area (Å²) >= 11 is 0. The molecule has 94 heavy (non-hydrogen) atoms. The number of nitrogens with one attached hydrogen (secondary N) is 1. The lowest BCUT2D eigenvalue weighted by atomic mass is 9.41. The molecule has 21 heteroatoms. The molecule has 0 heterocycles. The van der Waals surface area contributed by atoms with Crippen molar-refractivity contribution in [3.8, 4) is 0 Å². The first-order chi connectivity index (χ1) is 44.5. The van der Waals surface area contributed by atoms with Crippen molar-refractivity contribution in [1.29, 1.82) is 0 Å². The van der Waals surface area contributed by atoms with Crippen LogP contribution < -0.4 is 5.32 Å². The lowest BCUT2D eigenvalue weighted by Crippen LogP contribution is -2.78. The van der Waals surface area contributed by atoms with Crippen LogP contribution in [0.1, 0.15) is 216 Å². The van der Waals surface area contributed by atoms with Gasteiger partial charge in [-0.2, -0.15) is 0 Å². The van der Waals surface area contributed by atoms with Gasteiger partial charge in [-0.05, 0) is 80.5 Å². The van der Waals surface area contributed by atoms with Crippen LogP contribution in [0.5, 0.6) is 0 Å². The quantitative estimate of drug-likeness (QED) is 0.0106. The minimum atomic E-state index is -4.82. The third kappa shape index (κ3) is 18.5. The van der Waals surface area contributed by atoms with Crippen LogP contribution in [-0.4, -0.2) is 143 Å². The summed E-state index contributed by atoms with van der Waals surface area (Å²) in [6.45, 7) is 10.8. The van der Waals surface area contributed by atoms with E-state index < -0.39 is 139 Å². The first kappa shape index (κ1) is 75.3. The molecule has 0 spiro atoms. The van der Waals surface area contributed by atoms with Gasteiger partial charge in [0.15, 0.2) is 11.9 Å². The molecule has 3 aromatic rings. The molecule has 4 aliphatic carbocycles. The highest BCUT2D eigenvalue weighted by molar-refractivity contribution is 7.47. The monoisotopic (exact) mass is 1330 g/mol. The highest BCUT2D eigenvalue weighted by atomic mass is 31.2. The van der Waals surface area contributed by atoms with Gasteiger partial charge in [0.05, 0.1) is 56.7 Å². The number of likely N-dealkylation sites (N-methyl/N-ethyl adjacent to an activating group) is 1. The number of ketones is 1. The minimum Gasteiger partial charge on any atom is -0.458 e. The number of phosphoric ester groups is 1. The number of aliphatic hydroxyl groups is 2. The number of hydrogen-bond acceptors (Lipinski definition) is 17. The second kappa shape index (κ2) is 33.2. The second-order valence-corrected chi connectivity index (χ2v) is 29.6. The van der Waals surface area contributed by atoms with Crippen LogP contribution in [0.3, 0.4) is 0 Å². The van der Waals surface area contributed by atoms with E-state index >= 15 is 9.59 Å². The zero-order valence-electron chi connectivity index (χ0n) is 57.0. The van der Waals surface area contributed by atoms with Crippen molar-refractivity contribution in [3.05, 3.63) is 119 Å². The van der Waals surface area contributed by atoms with Gasteiger partial charge in [0.25, 0.3) is 5.91 Å². The van der Waals surface area contributed by atoms with Gasteiger partial charge < -0.3 is 48.6 Å². The Kier molecular flexibility index (Phi) is 26.6. The minimum absolute atomic E-state index is 0.0436. The average Bonchev–Trinajstić information content (AvgIpc) is 0.670. The van der Waals surface area contributed by atoms with Crippen molar-refractivity contribution >= 4 is 49.4 Å². The number of phosphoric acid groups is 1. The summed E-state index contributed by atoms with van der Waals surface area (Å²) in [7, 11) is 0.850. The van der Waals surface area contributed by atoms with Crippen LogP contribution in [-0.2, 0) is 61.3 Å². The van der Waals surface area contributed by atoms with Crippen molar-refractivity contribution < 1.29 is 90.4 Å². The molecular formula is C73H104N2O18P+. The lowest BCUT2D eigenvalue weighted by Gasteiger charge is -2.68. The Labute approximate surface area is 555 Å². The third-order valence-corrected chi connectivity index (χ3v) is 21.2. The SMILES string of the molecule is CCCCCCCCCCCCCCCCCC(CC(=O)O[C@@H](C(=O)O[C@H]1C[C@@]2(O)[C@@H](OC(=O)c3ccccc3)C3[C@](C)(C(=O)[C@H](OC(C)=O)C(=C1C)C2(C)C)[C@@H](O)C[C@H]1CC[C@@]31OC(C)=O)[C@@H](NC(=O)c1ccccc1)c1ccccc1)OP(=O)(O)OCC[N+](C)(C)C. The zero-order chi connectivity index (χ0) is 68.7. The van der Waals surface area contributed by atoms with Crippen molar-refractivity contribution in [2.75, 3.05) is 34.3 Å². The summed E-state index contributed by atoms with van der Waals surface area (Å²) < 4.78 is 57.2.